The number of hydrogen-bond acceptors (Lipinski definition) is 6. The van der Waals surface area contributed by atoms with Crippen molar-refractivity contribution in [1.29, 1.82) is 5.26 Å². The molecule has 1 aromatic carbocycles. The Morgan fingerprint density at radius 1 is 1.34 bits per heavy atom. The second-order valence-corrected chi connectivity index (χ2v) is 7.67. The maximum atomic E-state index is 13.3. The van der Waals surface area contributed by atoms with Gasteiger partial charge in [-0.15, -0.1) is 11.8 Å². The van der Waals surface area contributed by atoms with Gasteiger partial charge >= 0.3 is 0 Å². The molecule has 1 aliphatic rings. The molecule has 2 aromatic rings. The van der Waals surface area contributed by atoms with E-state index < -0.39 is 11.8 Å². The number of nitrogens with one attached hydrogen (secondary N) is 1. The van der Waals surface area contributed by atoms with Crippen LogP contribution in [-0.4, -0.2) is 23.8 Å². The Balaban J connectivity index is 2.03. The second kappa shape index (κ2) is 9.48. The first kappa shape index (κ1) is 20.7. The van der Waals surface area contributed by atoms with E-state index in [0.29, 0.717) is 28.5 Å². The molecule has 6 nitrogen and oxygen atoms in total. The zero-order valence-corrected chi connectivity index (χ0v) is 17.5. The van der Waals surface area contributed by atoms with Gasteiger partial charge in [0.2, 0.25) is 0 Å². The van der Waals surface area contributed by atoms with Crippen LogP contribution in [0.15, 0.2) is 63.3 Å². The number of furan rings is 1. The molecule has 150 valence electrons. The lowest BCUT2D eigenvalue weighted by molar-refractivity contribution is -0.113. The standard InChI is InChI=1S/C22H23N3O3S/c1-4-12-29-22-15(13-23)20(18-10-7-11-28-18)19(14(2)24-22)21(26)25-16-8-5-6-9-17(16)27-3/h5-11,15,20H,4,12H2,1-3H3,(H,25,26)/t15?,20-/m1/s1. The number of amides is 1. The number of ether oxygens (including phenoxy) is 1. The fourth-order valence-corrected chi connectivity index (χ4v) is 4.29. The largest absolute Gasteiger partial charge is 0.495 e. The minimum absolute atomic E-state index is 0.322. The molecule has 3 rings (SSSR count). The molecule has 0 radical (unpaired) electrons. The molecule has 1 unspecified atom stereocenters. The van der Waals surface area contributed by atoms with Crippen LogP contribution in [0.5, 0.6) is 5.75 Å². The molecule has 0 saturated carbocycles. The third-order valence-corrected chi connectivity index (χ3v) is 5.87. The normalized spacial score (nSPS) is 18.8. The van der Waals surface area contributed by atoms with Crippen LogP contribution in [-0.2, 0) is 4.79 Å². The van der Waals surface area contributed by atoms with Gasteiger partial charge in [-0.25, -0.2) is 4.99 Å². The molecular formula is C22H23N3O3S. The van der Waals surface area contributed by atoms with Gasteiger partial charge in [0.15, 0.2) is 0 Å². The number of hydrogen-bond donors (Lipinski definition) is 1. The summed E-state index contributed by atoms with van der Waals surface area (Å²) in [5, 5.41) is 13.6. The van der Waals surface area contributed by atoms with Gasteiger partial charge in [-0.2, -0.15) is 5.26 Å². The number of thioether (sulfide) groups is 1. The molecule has 1 amide bonds. The molecule has 0 bridgehead atoms. The van der Waals surface area contributed by atoms with Crippen molar-refractivity contribution in [2.24, 2.45) is 10.9 Å². The number of carbonyl (C=O) groups is 1. The zero-order chi connectivity index (χ0) is 20.8. The average molecular weight is 410 g/mol. The molecular weight excluding hydrogens is 386 g/mol. The van der Waals surface area contributed by atoms with Crippen molar-refractivity contribution in [3.05, 3.63) is 59.7 Å². The lowest BCUT2D eigenvalue weighted by atomic mass is 9.81. The molecule has 0 spiro atoms. The maximum Gasteiger partial charge on any atom is 0.254 e. The highest BCUT2D eigenvalue weighted by atomic mass is 32.2. The Morgan fingerprint density at radius 3 is 2.79 bits per heavy atom. The first-order valence-corrected chi connectivity index (χ1v) is 10.4. The average Bonchev–Trinajstić information content (AvgIpc) is 3.26. The van der Waals surface area contributed by atoms with E-state index in [1.54, 1.807) is 56.3 Å². The van der Waals surface area contributed by atoms with Gasteiger partial charge in [0.25, 0.3) is 5.91 Å². The molecule has 1 aliphatic heterocycles. The van der Waals surface area contributed by atoms with Crippen LogP contribution < -0.4 is 10.1 Å². The van der Waals surface area contributed by atoms with Crippen molar-refractivity contribution >= 4 is 28.4 Å². The molecule has 1 N–H and O–H groups in total. The fraction of sp³-hybridized carbons (Fsp3) is 0.318. The van der Waals surface area contributed by atoms with Gasteiger partial charge in [0.1, 0.15) is 17.4 Å². The molecule has 0 aliphatic carbocycles. The van der Waals surface area contributed by atoms with Crippen LogP contribution in [0.1, 0.15) is 31.9 Å². The van der Waals surface area contributed by atoms with Crippen molar-refractivity contribution in [3.8, 4) is 11.8 Å². The SMILES string of the molecule is CCCSC1=NC(C)=C(C(=O)Nc2ccccc2OC)[C@@H](c2ccco2)C1C#N. The number of rotatable bonds is 6. The number of aliphatic imine (C=N–C) groups is 1. The highest BCUT2D eigenvalue weighted by Gasteiger charge is 2.40. The monoisotopic (exact) mass is 409 g/mol. The number of benzene rings is 1. The summed E-state index contributed by atoms with van der Waals surface area (Å²) in [5.74, 6) is 0.561. The van der Waals surface area contributed by atoms with Crippen molar-refractivity contribution in [3.63, 3.8) is 0 Å². The van der Waals surface area contributed by atoms with Gasteiger partial charge in [-0.05, 0) is 43.4 Å². The number of nitriles is 1. The summed E-state index contributed by atoms with van der Waals surface area (Å²) in [6.07, 6.45) is 2.52. The highest BCUT2D eigenvalue weighted by molar-refractivity contribution is 8.14. The van der Waals surface area contributed by atoms with Crippen LogP contribution in [0.3, 0.4) is 0 Å². The molecule has 1 aromatic heterocycles. The van der Waals surface area contributed by atoms with Crippen molar-refractivity contribution < 1.29 is 13.9 Å². The lowest BCUT2D eigenvalue weighted by Crippen LogP contribution is -2.31. The molecule has 7 heteroatoms. The Morgan fingerprint density at radius 2 is 2.14 bits per heavy atom. The topological polar surface area (TPSA) is 87.6 Å². The molecule has 2 atom stereocenters. The van der Waals surface area contributed by atoms with Crippen molar-refractivity contribution in [2.45, 2.75) is 26.2 Å². The van der Waals surface area contributed by atoms with Crippen LogP contribution in [0.4, 0.5) is 5.69 Å². The second-order valence-electron chi connectivity index (χ2n) is 6.55. The quantitative estimate of drug-likeness (QED) is 0.727. The van der Waals surface area contributed by atoms with Crippen molar-refractivity contribution in [2.75, 3.05) is 18.2 Å². The third-order valence-electron chi connectivity index (χ3n) is 4.62. The van der Waals surface area contributed by atoms with E-state index in [1.165, 1.54) is 0 Å². The van der Waals surface area contributed by atoms with Crippen LogP contribution in [0, 0.1) is 17.2 Å². The number of anilines is 1. The smallest absolute Gasteiger partial charge is 0.254 e. The molecule has 0 fully saturated rings. The van der Waals surface area contributed by atoms with E-state index in [2.05, 4.69) is 23.3 Å². The summed E-state index contributed by atoms with van der Waals surface area (Å²) < 4.78 is 11.0. The van der Waals surface area contributed by atoms with Gasteiger partial charge < -0.3 is 14.5 Å². The predicted octanol–water partition coefficient (Wildman–Crippen LogP) is 4.98. The van der Waals surface area contributed by atoms with Crippen LogP contribution >= 0.6 is 11.8 Å². The summed E-state index contributed by atoms with van der Waals surface area (Å²) >= 11 is 1.56. The van der Waals surface area contributed by atoms with E-state index in [4.69, 9.17) is 9.15 Å². The number of para-hydroxylation sites is 2. The summed E-state index contributed by atoms with van der Waals surface area (Å²) in [6.45, 7) is 3.88. The third kappa shape index (κ3) is 4.38. The van der Waals surface area contributed by atoms with Crippen LogP contribution in [0.2, 0.25) is 0 Å². The summed E-state index contributed by atoms with van der Waals surface area (Å²) in [6, 6.07) is 13.1. The summed E-state index contributed by atoms with van der Waals surface area (Å²) in [5.41, 5.74) is 1.57. The molecule has 0 saturated heterocycles. The lowest BCUT2D eigenvalue weighted by Gasteiger charge is -2.28. The predicted molar refractivity (Wildman–Crippen MR) is 115 cm³/mol. The van der Waals surface area contributed by atoms with Gasteiger partial charge in [0.05, 0.1) is 41.7 Å². The Bertz CT molecular complexity index is 973. The van der Waals surface area contributed by atoms with E-state index >= 15 is 0 Å². The highest BCUT2D eigenvalue weighted by Crippen LogP contribution is 2.42. The zero-order valence-electron chi connectivity index (χ0n) is 16.6. The minimum Gasteiger partial charge on any atom is -0.495 e. The summed E-state index contributed by atoms with van der Waals surface area (Å²) in [7, 11) is 1.55. The maximum absolute atomic E-state index is 13.3. The van der Waals surface area contributed by atoms with Crippen LogP contribution in [0.25, 0.3) is 0 Å². The number of methoxy groups -OCH3 is 1. The first-order valence-electron chi connectivity index (χ1n) is 9.40. The van der Waals surface area contributed by atoms with Gasteiger partial charge in [-0.3, -0.25) is 4.79 Å². The van der Waals surface area contributed by atoms with E-state index in [-0.39, 0.29) is 5.91 Å². The number of nitrogens with zero attached hydrogens (tertiary/aromatic N) is 2. The van der Waals surface area contributed by atoms with E-state index in [0.717, 1.165) is 17.2 Å². The number of carbonyl (C=O) groups excluding carboxylic acids is 1. The van der Waals surface area contributed by atoms with Gasteiger partial charge in [0, 0.05) is 5.70 Å². The molecule has 29 heavy (non-hydrogen) atoms. The summed E-state index contributed by atoms with van der Waals surface area (Å²) in [4.78, 5) is 17.9. The van der Waals surface area contributed by atoms with E-state index in [9.17, 15) is 10.1 Å². The first-order chi connectivity index (χ1) is 14.1. The van der Waals surface area contributed by atoms with Gasteiger partial charge in [-0.1, -0.05) is 19.1 Å². The number of allylic oxidation sites excluding steroid dienone is 1. The Kier molecular flexibility index (Phi) is 6.78. The Labute approximate surface area is 174 Å². The van der Waals surface area contributed by atoms with Crippen molar-refractivity contribution in [1.82, 2.24) is 0 Å². The Hall–Kier alpha value is -2.98. The molecule has 2 heterocycles. The minimum atomic E-state index is -0.584. The fourth-order valence-electron chi connectivity index (χ4n) is 3.31. The van der Waals surface area contributed by atoms with E-state index in [1.807, 2.05) is 12.1 Å².